The molecule has 2 N–H and O–H groups in total. The number of aromatic nitrogens is 6. The van der Waals surface area contributed by atoms with E-state index in [4.69, 9.17) is 4.74 Å². The first kappa shape index (κ1) is 24.5. The highest BCUT2D eigenvalue weighted by Crippen LogP contribution is 2.27. The zero-order valence-corrected chi connectivity index (χ0v) is 20.0. The summed E-state index contributed by atoms with van der Waals surface area (Å²) in [5.74, 6) is -2.59. The maximum atomic E-state index is 13.1. The molecule has 0 radical (unpaired) electrons. The molecule has 10 nitrogen and oxygen atoms in total. The molecule has 0 spiro atoms. The van der Waals surface area contributed by atoms with Crippen molar-refractivity contribution in [3.63, 3.8) is 0 Å². The van der Waals surface area contributed by atoms with Crippen molar-refractivity contribution in [3.8, 4) is 16.5 Å². The highest BCUT2D eigenvalue weighted by Gasteiger charge is 2.21. The third-order valence-corrected chi connectivity index (χ3v) is 6.08. The van der Waals surface area contributed by atoms with Crippen molar-refractivity contribution in [2.24, 2.45) is 0 Å². The van der Waals surface area contributed by atoms with E-state index in [1.54, 1.807) is 36.7 Å². The number of benzene rings is 1. The number of nitrogens with one attached hydrogen (secondary N) is 2. The van der Waals surface area contributed by atoms with Crippen LogP contribution >= 0.6 is 23.3 Å². The lowest BCUT2D eigenvalue weighted by atomic mass is 10.1. The molecule has 1 unspecified atom stereocenters. The second-order valence-electron chi connectivity index (χ2n) is 6.92. The molecular weight excluding hydrogens is 498 g/mol. The lowest BCUT2D eigenvalue weighted by Gasteiger charge is -2.19. The van der Waals surface area contributed by atoms with Crippen molar-refractivity contribution in [1.29, 1.82) is 0 Å². The van der Waals surface area contributed by atoms with E-state index in [1.165, 1.54) is 23.4 Å². The zero-order chi connectivity index (χ0) is 24.6. The Morgan fingerprint density at radius 1 is 1.23 bits per heavy atom. The summed E-state index contributed by atoms with van der Waals surface area (Å²) in [4.78, 5) is 27.9. The highest BCUT2D eigenvalue weighted by molar-refractivity contribution is 8.00. The number of rotatable bonds is 11. The molecule has 1 amide bonds. The number of thiazole rings is 1. The average molecular weight is 519 g/mol. The van der Waals surface area contributed by atoms with Gasteiger partial charge in [0.05, 0.1) is 48.9 Å². The van der Waals surface area contributed by atoms with Gasteiger partial charge >= 0.3 is 5.76 Å². The van der Waals surface area contributed by atoms with Gasteiger partial charge in [-0.25, -0.2) is 9.97 Å². The highest BCUT2D eigenvalue weighted by atomic mass is 32.2. The van der Waals surface area contributed by atoms with Gasteiger partial charge < -0.3 is 14.8 Å². The van der Waals surface area contributed by atoms with Gasteiger partial charge in [-0.05, 0) is 24.6 Å². The number of carbonyl (C=O) groups is 1. The van der Waals surface area contributed by atoms with Crippen LogP contribution in [0.5, 0.6) is 5.88 Å². The molecule has 3 heterocycles. The standard InChI is InChI=1S/C21H20F2N8O2S2/c1-2-33-18-11-24-9-15(28-18)17-10-25-20(34-17)19(32)29-16(12-31-26-6-7-27-31)13-4-3-5-14(8-13)30-35-21(22)23/h3-11,16,21,30H,2,12H2,1H3,(H,29,32). The predicted octanol–water partition coefficient (Wildman–Crippen LogP) is 4.04. The molecule has 0 saturated heterocycles. The Labute approximate surface area is 207 Å². The number of anilines is 1. The van der Waals surface area contributed by atoms with Crippen LogP contribution in [-0.2, 0) is 6.54 Å². The Bertz CT molecular complexity index is 1260. The van der Waals surface area contributed by atoms with Crippen LogP contribution in [-0.4, -0.2) is 48.2 Å². The largest absolute Gasteiger partial charge is 0.477 e. The van der Waals surface area contributed by atoms with Gasteiger partial charge in [0.15, 0.2) is 5.01 Å². The molecule has 4 rings (SSSR count). The van der Waals surface area contributed by atoms with Crippen molar-refractivity contribution in [2.75, 3.05) is 11.3 Å². The zero-order valence-electron chi connectivity index (χ0n) is 18.3. The molecule has 35 heavy (non-hydrogen) atoms. The van der Waals surface area contributed by atoms with Crippen LogP contribution in [0.2, 0.25) is 0 Å². The molecular formula is C21H20F2N8O2S2. The summed E-state index contributed by atoms with van der Waals surface area (Å²) in [6, 6.07) is 6.29. The van der Waals surface area contributed by atoms with Gasteiger partial charge in [0.2, 0.25) is 5.88 Å². The molecule has 0 aliphatic heterocycles. The Balaban J connectivity index is 1.53. The third kappa shape index (κ3) is 6.70. The first-order valence-corrected chi connectivity index (χ1v) is 12.1. The first-order chi connectivity index (χ1) is 17.0. The lowest BCUT2D eigenvalue weighted by molar-refractivity contribution is 0.0930. The van der Waals surface area contributed by atoms with Crippen LogP contribution in [0.1, 0.15) is 28.3 Å². The van der Waals surface area contributed by atoms with Gasteiger partial charge in [-0.1, -0.05) is 12.1 Å². The molecule has 3 aromatic heterocycles. The minimum absolute atomic E-state index is 0.226. The molecule has 0 aliphatic carbocycles. The summed E-state index contributed by atoms with van der Waals surface area (Å²) in [5, 5.41) is 11.4. The van der Waals surface area contributed by atoms with Gasteiger partial charge in [0.25, 0.3) is 5.91 Å². The third-order valence-electron chi connectivity index (χ3n) is 4.53. The van der Waals surface area contributed by atoms with Gasteiger partial charge in [0, 0.05) is 23.8 Å². The fourth-order valence-corrected chi connectivity index (χ4v) is 4.19. The van der Waals surface area contributed by atoms with Crippen molar-refractivity contribution in [3.05, 3.63) is 65.8 Å². The van der Waals surface area contributed by atoms with E-state index >= 15 is 0 Å². The molecule has 182 valence electrons. The minimum Gasteiger partial charge on any atom is -0.477 e. The predicted molar refractivity (Wildman–Crippen MR) is 128 cm³/mol. The SMILES string of the molecule is CCOc1cncc(-c2cnc(C(=O)NC(Cn3nccn3)c3cccc(NSC(F)F)c3)s2)n1. The molecule has 4 aromatic rings. The number of ether oxygens (including phenoxy) is 1. The lowest BCUT2D eigenvalue weighted by Crippen LogP contribution is -2.32. The van der Waals surface area contributed by atoms with E-state index in [2.05, 4.69) is 35.2 Å². The van der Waals surface area contributed by atoms with E-state index in [0.717, 1.165) is 11.3 Å². The summed E-state index contributed by atoms with van der Waals surface area (Å²) < 4.78 is 33.1. The number of alkyl halides is 2. The van der Waals surface area contributed by atoms with Crippen LogP contribution in [0.4, 0.5) is 14.5 Å². The molecule has 0 bridgehead atoms. The number of carbonyl (C=O) groups excluding carboxylic acids is 1. The van der Waals surface area contributed by atoms with Crippen molar-refractivity contribution < 1.29 is 18.3 Å². The van der Waals surface area contributed by atoms with Crippen molar-refractivity contribution >= 4 is 34.9 Å². The smallest absolute Gasteiger partial charge is 0.302 e. The van der Waals surface area contributed by atoms with E-state index < -0.39 is 17.7 Å². The van der Waals surface area contributed by atoms with Gasteiger partial charge in [-0.15, -0.1) is 11.3 Å². The Morgan fingerprint density at radius 2 is 2.06 bits per heavy atom. The van der Waals surface area contributed by atoms with E-state index in [1.807, 2.05) is 6.92 Å². The summed E-state index contributed by atoms with van der Waals surface area (Å²) in [6.07, 6.45) is 7.69. The second-order valence-corrected chi connectivity index (χ2v) is 8.75. The van der Waals surface area contributed by atoms with Crippen molar-refractivity contribution in [2.45, 2.75) is 25.3 Å². The van der Waals surface area contributed by atoms with Crippen LogP contribution in [0.25, 0.3) is 10.6 Å². The molecule has 14 heteroatoms. The second kappa shape index (κ2) is 11.7. The van der Waals surface area contributed by atoms with Crippen LogP contribution in [0, 0.1) is 0 Å². The van der Waals surface area contributed by atoms with E-state index in [9.17, 15) is 13.6 Å². The normalized spacial score (nSPS) is 11.9. The summed E-state index contributed by atoms with van der Waals surface area (Å²) in [6.45, 7) is 2.53. The molecule has 0 saturated carbocycles. The average Bonchev–Trinajstić information content (AvgIpc) is 3.56. The van der Waals surface area contributed by atoms with Gasteiger partial charge in [-0.3, -0.25) is 9.78 Å². The maximum Gasteiger partial charge on any atom is 0.302 e. The molecule has 1 atom stereocenters. The Kier molecular flexibility index (Phi) is 8.15. The first-order valence-electron chi connectivity index (χ1n) is 10.4. The topological polar surface area (TPSA) is 120 Å². The number of halogens is 2. The number of nitrogens with zero attached hydrogens (tertiary/aromatic N) is 6. The molecule has 0 aliphatic rings. The molecule has 1 aromatic carbocycles. The summed E-state index contributed by atoms with van der Waals surface area (Å²) in [7, 11) is 0. The van der Waals surface area contributed by atoms with E-state index in [0.29, 0.717) is 46.3 Å². The Morgan fingerprint density at radius 3 is 2.83 bits per heavy atom. The monoisotopic (exact) mass is 518 g/mol. The van der Waals surface area contributed by atoms with Crippen LogP contribution in [0.15, 0.2) is 55.2 Å². The Hall–Kier alpha value is -3.65. The van der Waals surface area contributed by atoms with Crippen LogP contribution in [0.3, 0.4) is 0 Å². The summed E-state index contributed by atoms with van der Waals surface area (Å²) in [5.41, 5.74) is 1.70. The fraction of sp³-hybridized carbons (Fsp3) is 0.238. The minimum atomic E-state index is -2.57. The van der Waals surface area contributed by atoms with Gasteiger partial charge in [0.1, 0.15) is 5.69 Å². The van der Waals surface area contributed by atoms with Crippen molar-refractivity contribution in [1.82, 2.24) is 35.3 Å². The number of hydrogen-bond donors (Lipinski definition) is 2. The number of hydrogen-bond acceptors (Lipinski definition) is 10. The quantitative estimate of drug-likeness (QED) is 0.283. The maximum absolute atomic E-state index is 13.1. The van der Waals surface area contributed by atoms with Crippen LogP contribution < -0.4 is 14.8 Å². The number of amides is 1. The molecule has 0 fully saturated rings. The fourth-order valence-electron chi connectivity index (χ4n) is 3.07. The van der Waals surface area contributed by atoms with Gasteiger partial charge in [-0.2, -0.15) is 23.8 Å². The summed E-state index contributed by atoms with van der Waals surface area (Å²) >= 11 is 1.46. The van der Waals surface area contributed by atoms with E-state index in [-0.39, 0.29) is 11.6 Å².